The summed E-state index contributed by atoms with van der Waals surface area (Å²) >= 11 is 6.41. The van der Waals surface area contributed by atoms with E-state index >= 15 is 0 Å². The average Bonchev–Trinajstić information content (AvgIpc) is 1.38. The van der Waals surface area contributed by atoms with Crippen molar-refractivity contribution in [2.24, 2.45) is 5.73 Å². The van der Waals surface area contributed by atoms with Crippen molar-refractivity contribution < 1.29 is 0 Å². The Morgan fingerprint density at radius 2 is 2.20 bits per heavy atom. The Balaban J connectivity index is 2.85. The molecule has 2 N–H and O–H groups in total. The van der Waals surface area contributed by atoms with Crippen LogP contribution in [0, 0.1) is 0 Å². The van der Waals surface area contributed by atoms with Crippen LogP contribution in [0.1, 0.15) is 0 Å². The first kappa shape index (κ1) is 5.49. The Labute approximate surface area is 46.1 Å². The molecule has 0 saturated carbocycles. The molecule has 0 bridgehead atoms. The second-order valence-electron chi connectivity index (χ2n) is 0.820. The molecule has 0 aromatic carbocycles. The minimum atomic E-state index is 0.588. The van der Waals surface area contributed by atoms with E-state index in [-0.39, 0.29) is 0 Å². The molecule has 0 aromatic heterocycles. The molecule has 5 heavy (non-hydrogen) atoms. The van der Waals surface area contributed by atoms with Crippen molar-refractivity contribution in [2.75, 3.05) is 0 Å². The van der Waals surface area contributed by atoms with Crippen molar-refractivity contribution in [3.8, 4) is 0 Å². The zero-order valence-corrected chi connectivity index (χ0v) is 4.01. The van der Waals surface area contributed by atoms with Crippen LogP contribution < -0.4 is 5.73 Å². The van der Waals surface area contributed by atoms with E-state index in [0.29, 0.717) is 4.99 Å². The molecular weight excluding hydrogens is 77.0 g/mol. The Morgan fingerprint density at radius 1 is 2.00 bits per heavy atom. The van der Waals surface area contributed by atoms with E-state index in [2.05, 4.69) is 12.2 Å². The van der Waals surface area contributed by atoms with Crippen LogP contribution in [0.2, 0.25) is 5.09 Å². The van der Waals surface area contributed by atoms with Crippen LogP contribution >= 0.6 is 12.2 Å². The van der Waals surface area contributed by atoms with Crippen LogP contribution in [0.15, 0.2) is 0 Å². The molecule has 0 heterocycles. The number of nitrogens with two attached hydrogens (primary N) is 1. The van der Waals surface area contributed by atoms with E-state index in [4.69, 9.17) is 5.73 Å². The molecule has 1 nitrogen and oxygen atoms in total. The van der Waals surface area contributed by atoms with Gasteiger partial charge in [-0.05, 0) is 0 Å². The molecule has 0 radical (unpaired) electrons. The van der Waals surface area contributed by atoms with Crippen molar-refractivity contribution in [1.82, 2.24) is 0 Å². The summed E-state index contributed by atoms with van der Waals surface area (Å²) in [5, 5.41) is 0.815. The molecule has 0 aliphatic carbocycles. The topological polar surface area (TPSA) is 26.0 Å². The normalized spacial score (nSPS) is 7.60. The van der Waals surface area contributed by atoms with Gasteiger partial charge in [0.1, 0.15) is 0 Å². The van der Waals surface area contributed by atoms with Crippen LogP contribution in [0.5, 0.6) is 0 Å². The summed E-state index contributed by atoms with van der Waals surface area (Å²) in [6.45, 7) is 0. The van der Waals surface area contributed by atoms with E-state index in [1.807, 2.05) is 17.7 Å². The first-order valence-corrected chi connectivity index (χ1v) is 1.96. The third kappa shape index (κ3) is 4.49. The van der Waals surface area contributed by atoms with Crippen LogP contribution in [-0.4, -0.2) is 22.7 Å². The summed E-state index contributed by atoms with van der Waals surface area (Å²) < 4.78 is 0. The fraction of sp³-hybridized carbons (Fsp3) is 0.500. The van der Waals surface area contributed by atoms with Gasteiger partial charge >= 0.3 is 45.7 Å². The predicted molar refractivity (Wildman–Crippen MR) is 27.3 cm³/mol. The van der Waals surface area contributed by atoms with Crippen LogP contribution in [0.3, 0.4) is 0 Å². The van der Waals surface area contributed by atoms with Crippen molar-refractivity contribution in [1.29, 1.82) is 0 Å². The van der Waals surface area contributed by atoms with Crippen molar-refractivity contribution in [3.05, 3.63) is 0 Å². The van der Waals surface area contributed by atoms with Gasteiger partial charge < -0.3 is 0 Å². The van der Waals surface area contributed by atoms with E-state index in [1.165, 1.54) is 0 Å². The fourth-order valence-electron chi connectivity index (χ4n) is 0. The summed E-state index contributed by atoms with van der Waals surface area (Å²) in [7, 11) is 0. The van der Waals surface area contributed by atoms with E-state index in [9.17, 15) is 0 Å². The van der Waals surface area contributed by atoms with Gasteiger partial charge in [-0.1, -0.05) is 0 Å². The van der Waals surface area contributed by atoms with Crippen molar-refractivity contribution in [3.63, 3.8) is 0 Å². The maximum absolute atomic E-state index is 5.02. The van der Waals surface area contributed by atoms with Gasteiger partial charge in [-0.15, -0.1) is 0 Å². The molecule has 0 amide bonds. The Kier molecular flexibility index (Phi) is 2.97. The summed E-state index contributed by atoms with van der Waals surface area (Å²) in [5.74, 6) is 0. The second kappa shape index (κ2) is 2.71. The van der Waals surface area contributed by atoms with Gasteiger partial charge in [0, 0.05) is 0 Å². The molecule has 0 saturated heterocycles. The van der Waals surface area contributed by atoms with Gasteiger partial charge in [0.2, 0.25) is 0 Å². The first-order chi connectivity index (χ1) is 2.27. The number of rotatable bonds is 1. The zero-order chi connectivity index (χ0) is 4.28. The minimum absolute atomic E-state index is 0.588. The molecule has 0 aromatic rings. The molecule has 0 aliphatic heterocycles. The van der Waals surface area contributed by atoms with Crippen LogP contribution in [-0.2, 0) is 0 Å². The van der Waals surface area contributed by atoms with Crippen LogP contribution in [0.25, 0.3) is 0 Å². The molecule has 0 aliphatic rings. The van der Waals surface area contributed by atoms with Crippen LogP contribution in [0.4, 0.5) is 0 Å². The standard InChI is InChI=1S/C2H4NS.Li/c1-2(3)4;/h1H2,(H2,3,4);. The monoisotopic (exact) mass is 81.0 g/mol. The quantitative estimate of drug-likeness (QED) is 0.351. The van der Waals surface area contributed by atoms with Gasteiger partial charge in [-0.2, -0.15) is 0 Å². The molecule has 0 unspecified atom stereocenters. The molecule has 24 valence electrons. The van der Waals surface area contributed by atoms with E-state index < -0.39 is 0 Å². The van der Waals surface area contributed by atoms with Crippen molar-refractivity contribution >= 4 is 34.9 Å². The van der Waals surface area contributed by atoms with E-state index in [1.54, 1.807) is 0 Å². The molecule has 0 fully saturated rings. The number of hydrogen-bond donors (Lipinski definition) is 1. The van der Waals surface area contributed by atoms with Gasteiger partial charge in [-0.3, -0.25) is 0 Å². The first-order valence-electron chi connectivity index (χ1n) is 1.55. The second-order valence-corrected chi connectivity index (χ2v) is 1.34. The molecule has 3 heteroatoms. The molecular formula is C2H4LiNS. The summed E-state index contributed by atoms with van der Waals surface area (Å²) in [6.07, 6.45) is 0. The summed E-state index contributed by atoms with van der Waals surface area (Å²) in [4.78, 5) is 0.588. The Morgan fingerprint density at radius 3 is 2.20 bits per heavy atom. The third-order valence-electron chi connectivity index (χ3n) is 0.348. The summed E-state index contributed by atoms with van der Waals surface area (Å²) in [6, 6.07) is 0. The third-order valence-corrected chi connectivity index (χ3v) is 0.637. The Hall–Kier alpha value is 0.487. The fourth-order valence-corrected chi connectivity index (χ4v) is 0. The molecule has 0 rings (SSSR count). The van der Waals surface area contributed by atoms with Gasteiger partial charge in [0.15, 0.2) is 0 Å². The predicted octanol–water partition coefficient (Wildman–Crippen LogP) is -0.141. The number of hydrogen-bond acceptors (Lipinski definition) is 1. The van der Waals surface area contributed by atoms with Gasteiger partial charge in [0.25, 0.3) is 0 Å². The van der Waals surface area contributed by atoms with E-state index in [0.717, 1.165) is 5.09 Å². The molecule has 0 spiro atoms. The molecule has 0 atom stereocenters. The summed E-state index contributed by atoms with van der Waals surface area (Å²) in [5.41, 5.74) is 5.02. The average molecular weight is 81.1 g/mol. The zero-order valence-electron chi connectivity index (χ0n) is 3.19. The van der Waals surface area contributed by atoms with Crippen molar-refractivity contribution in [2.45, 2.75) is 5.09 Å². The van der Waals surface area contributed by atoms with Gasteiger partial charge in [0.05, 0.1) is 0 Å². The maximum atomic E-state index is 5.02. The number of thiocarbonyl (C=S) groups is 1. The van der Waals surface area contributed by atoms with Gasteiger partial charge in [-0.25, -0.2) is 0 Å². The SMILES string of the molecule is [Li][CH2]C(N)=S. The Bertz CT molecular complexity index is 44.9.